The van der Waals surface area contributed by atoms with Crippen molar-refractivity contribution < 1.29 is 29.2 Å². The standard InChI is InChI=1S/C26H34O6/c1-3-4-5-10-31-24-9-7-19(14-25(24)30-2)13-23-22(17-32-26(23)29)12-18-6-8-20(15-27)21(11-18)16-28/h6-9,11,14,22-23,27-28H,3-5,10,12-13,15-17H2,1-2H3/t22?,23-/m1/s1. The van der Waals surface area contributed by atoms with Gasteiger partial charge >= 0.3 is 5.97 Å². The minimum Gasteiger partial charge on any atom is -0.493 e. The molecular weight excluding hydrogens is 408 g/mol. The van der Waals surface area contributed by atoms with E-state index in [0.717, 1.165) is 41.7 Å². The number of hydrogen-bond donors (Lipinski definition) is 2. The van der Waals surface area contributed by atoms with Crippen molar-refractivity contribution in [2.45, 2.75) is 52.2 Å². The molecule has 1 saturated heterocycles. The van der Waals surface area contributed by atoms with Crippen LogP contribution in [0.5, 0.6) is 11.5 Å². The van der Waals surface area contributed by atoms with Crippen molar-refractivity contribution in [2.75, 3.05) is 20.3 Å². The van der Waals surface area contributed by atoms with E-state index in [4.69, 9.17) is 14.2 Å². The Kier molecular flexibility index (Phi) is 8.94. The van der Waals surface area contributed by atoms with Crippen LogP contribution in [0.2, 0.25) is 0 Å². The normalized spacial score (nSPS) is 17.9. The molecule has 1 aliphatic rings. The molecule has 1 fully saturated rings. The van der Waals surface area contributed by atoms with Crippen LogP contribution in [0, 0.1) is 11.8 Å². The average molecular weight is 443 g/mol. The van der Waals surface area contributed by atoms with Gasteiger partial charge in [0.25, 0.3) is 0 Å². The molecule has 0 saturated carbocycles. The summed E-state index contributed by atoms with van der Waals surface area (Å²) in [5.41, 5.74) is 3.46. The Morgan fingerprint density at radius 3 is 2.44 bits per heavy atom. The lowest BCUT2D eigenvalue weighted by Crippen LogP contribution is -2.21. The molecular formula is C26H34O6. The smallest absolute Gasteiger partial charge is 0.309 e. The van der Waals surface area contributed by atoms with Gasteiger partial charge in [0.05, 0.1) is 39.5 Å². The second kappa shape index (κ2) is 11.9. The molecule has 2 aromatic rings. The second-order valence-corrected chi connectivity index (χ2v) is 8.36. The van der Waals surface area contributed by atoms with Gasteiger partial charge in [-0.15, -0.1) is 0 Å². The monoisotopic (exact) mass is 442 g/mol. The number of carbonyl (C=O) groups is 1. The number of benzene rings is 2. The first kappa shape index (κ1) is 24.1. The molecule has 0 aromatic heterocycles. The zero-order valence-electron chi connectivity index (χ0n) is 19.0. The Morgan fingerprint density at radius 1 is 0.969 bits per heavy atom. The second-order valence-electron chi connectivity index (χ2n) is 8.36. The van der Waals surface area contributed by atoms with E-state index in [1.807, 2.05) is 36.4 Å². The Balaban J connectivity index is 1.69. The molecule has 3 rings (SSSR count). The Labute approximate surface area is 190 Å². The van der Waals surface area contributed by atoms with Crippen molar-refractivity contribution in [3.8, 4) is 11.5 Å². The quantitative estimate of drug-likeness (QED) is 0.384. The van der Waals surface area contributed by atoms with Crippen LogP contribution in [-0.4, -0.2) is 36.5 Å². The highest BCUT2D eigenvalue weighted by Gasteiger charge is 2.37. The topological polar surface area (TPSA) is 85.2 Å². The first-order chi connectivity index (χ1) is 15.6. The molecule has 0 radical (unpaired) electrons. The first-order valence-electron chi connectivity index (χ1n) is 11.4. The van der Waals surface area contributed by atoms with Gasteiger partial charge in [-0.3, -0.25) is 4.79 Å². The van der Waals surface area contributed by atoms with Crippen LogP contribution >= 0.6 is 0 Å². The molecule has 0 amide bonds. The zero-order valence-corrected chi connectivity index (χ0v) is 19.0. The van der Waals surface area contributed by atoms with Crippen molar-refractivity contribution in [2.24, 2.45) is 11.8 Å². The molecule has 2 N–H and O–H groups in total. The highest BCUT2D eigenvalue weighted by atomic mass is 16.5. The first-order valence-corrected chi connectivity index (χ1v) is 11.4. The van der Waals surface area contributed by atoms with Crippen molar-refractivity contribution in [1.29, 1.82) is 0 Å². The number of hydrogen-bond acceptors (Lipinski definition) is 6. The number of aliphatic hydroxyl groups is 2. The molecule has 174 valence electrons. The fourth-order valence-corrected chi connectivity index (χ4v) is 4.21. The van der Waals surface area contributed by atoms with Gasteiger partial charge in [-0.25, -0.2) is 0 Å². The number of carbonyl (C=O) groups excluding carboxylic acids is 1. The van der Waals surface area contributed by atoms with Gasteiger partial charge in [-0.1, -0.05) is 44.0 Å². The predicted molar refractivity (Wildman–Crippen MR) is 122 cm³/mol. The van der Waals surface area contributed by atoms with Gasteiger partial charge in [0.2, 0.25) is 0 Å². The van der Waals surface area contributed by atoms with Crippen molar-refractivity contribution in [3.05, 3.63) is 58.7 Å². The molecule has 1 heterocycles. The average Bonchev–Trinajstić information content (AvgIpc) is 3.15. The molecule has 2 atom stereocenters. The summed E-state index contributed by atoms with van der Waals surface area (Å²) in [5.74, 6) is 1.02. The third kappa shape index (κ3) is 6.02. The van der Waals surface area contributed by atoms with E-state index in [9.17, 15) is 15.0 Å². The third-order valence-electron chi connectivity index (χ3n) is 6.11. The summed E-state index contributed by atoms with van der Waals surface area (Å²) >= 11 is 0. The molecule has 1 aliphatic heterocycles. The van der Waals surface area contributed by atoms with E-state index in [-0.39, 0.29) is 31.0 Å². The highest BCUT2D eigenvalue weighted by Crippen LogP contribution is 2.33. The Morgan fingerprint density at radius 2 is 1.72 bits per heavy atom. The van der Waals surface area contributed by atoms with Crippen LogP contribution in [0.15, 0.2) is 36.4 Å². The summed E-state index contributed by atoms with van der Waals surface area (Å²) in [6, 6.07) is 11.5. The maximum Gasteiger partial charge on any atom is 0.309 e. The molecule has 1 unspecified atom stereocenters. The molecule has 6 heteroatoms. The molecule has 0 spiro atoms. The zero-order chi connectivity index (χ0) is 22.9. The lowest BCUT2D eigenvalue weighted by molar-refractivity contribution is -0.141. The van der Waals surface area contributed by atoms with Gasteiger partial charge in [0, 0.05) is 5.92 Å². The summed E-state index contributed by atoms with van der Waals surface area (Å²) < 4.78 is 16.8. The van der Waals surface area contributed by atoms with Gasteiger partial charge in [0.1, 0.15) is 0 Å². The fraction of sp³-hybridized carbons (Fsp3) is 0.500. The minimum absolute atomic E-state index is 0.0463. The van der Waals surface area contributed by atoms with Crippen molar-refractivity contribution in [1.82, 2.24) is 0 Å². The van der Waals surface area contributed by atoms with Crippen LogP contribution in [0.25, 0.3) is 0 Å². The van der Waals surface area contributed by atoms with E-state index in [0.29, 0.717) is 37.4 Å². The number of methoxy groups -OCH3 is 1. The molecule has 32 heavy (non-hydrogen) atoms. The summed E-state index contributed by atoms with van der Waals surface area (Å²) in [7, 11) is 1.62. The largest absolute Gasteiger partial charge is 0.493 e. The van der Waals surface area contributed by atoms with E-state index in [2.05, 4.69) is 6.92 Å². The maximum absolute atomic E-state index is 12.5. The van der Waals surface area contributed by atoms with Crippen LogP contribution in [0.4, 0.5) is 0 Å². The van der Waals surface area contributed by atoms with Crippen LogP contribution in [0.1, 0.15) is 48.4 Å². The minimum atomic E-state index is -0.244. The van der Waals surface area contributed by atoms with Crippen LogP contribution < -0.4 is 9.47 Å². The number of aliphatic hydroxyl groups excluding tert-OH is 2. The summed E-state index contributed by atoms with van der Waals surface area (Å²) in [6.45, 7) is 2.97. The van der Waals surface area contributed by atoms with Crippen molar-refractivity contribution in [3.63, 3.8) is 0 Å². The maximum atomic E-state index is 12.5. The number of cyclic esters (lactones) is 1. The summed E-state index contributed by atoms with van der Waals surface area (Å²) in [4.78, 5) is 12.5. The molecule has 0 aliphatic carbocycles. The van der Waals surface area contributed by atoms with Crippen molar-refractivity contribution >= 4 is 5.97 Å². The lowest BCUT2D eigenvalue weighted by atomic mass is 9.84. The number of unbranched alkanes of at least 4 members (excludes halogenated alkanes) is 2. The van der Waals surface area contributed by atoms with Gasteiger partial charge in [0.15, 0.2) is 11.5 Å². The van der Waals surface area contributed by atoms with Crippen LogP contribution in [-0.2, 0) is 35.6 Å². The number of rotatable bonds is 12. The summed E-state index contributed by atoms with van der Waals surface area (Å²) in [5, 5.41) is 19.0. The fourth-order valence-electron chi connectivity index (χ4n) is 4.21. The predicted octanol–water partition coefficient (Wildman–Crippen LogP) is 3.82. The van der Waals surface area contributed by atoms with Gasteiger partial charge in [-0.2, -0.15) is 0 Å². The van der Waals surface area contributed by atoms with E-state index < -0.39 is 0 Å². The molecule has 6 nitrogen and oxygen atoms in total. The Hall–Kier alpha value is -2.57. The van der Waals surface area contributed by atoms with E-state index in [1.54, 1.807) is 7.11 Å². The Bertz CT molecular complexity index is 894. The van der Waals surface area contributed by atoms with E-state index >= 15 is 0 Å². The van der Waals surface area contributed by atoms with E-state index in [1.165, 1.54) is 0 Å². The third-order valence-corrected chi connectivity index (χ3v) is 6.11. The lowest BCUT2D eigenvalue weighted by Gasteiger charge is -2.18. The van der Waals surface area contributed by atoms with Gasteiger partial charge < -0.3 is 24.4 Å². The number of ether oxygens (including phenoxy) is 3. The summed E-state index contributed by atoms with van der Waals surface area (Å²) in [6.07, 6.45) is 4.52. The SMILES string of the molecule is CCCCCOc1ccc(C[C@H]2C(=O)OCC2Cc2ccc(CO)c(CO)c2)cc1OC. The highest BCUT2D eigenvalue weighted by molar-refractivity contribution is 5.75. The molecule has 0 bridgehead atoms. The number of esters is 1. The van der Waals surface area contributed by atoms with Gasteiger partial charge in [-0.05, 0) is 53.6 Å². The molecule has 2 aromatic carbocycles. The van der Waals surface area contributed by atoms with Crippen LogP contribution in [0.3, 0.4) is 0 Å².